The molecule has 0 aromatic heterocycles. The van der Waals surface area contributed by atoms with Gasteiger partial charge in [-0.05, 0) is 264 Å². The lowest BCUT2D eigenvalue weighted by atomic mass is 10.0. The van der Waals surface area contributed by atoms with E-state index in [2.05, 4.69) is 19.7 Å². The van der Waals surface area contributed by atoms with E-state index in [1.54, 1.807) is 198 Å². The van der Waals surface area contributed by atoms with E-state index in [0.29, 0.717) is 169 Å². The zero-order chi connectivity index (χ0) is 89.5. The van der Waals surface area contributed by atoms with Crippen LogP contribution in [0.5, 0.6) is 57.5 Å². The minimum atomic E-state index is -0.538. The average Bonchev–Trinajstić information content (AvgIpc) is 0.852. The summed E-state index contributed by atoms with van der Waals surface area (Å²) in [5.41, 5.74) is 6.41. The van der Waals surface area contributed by atoms with E-state index in [1.165, 1.54) is 24.3 Å². The largest absolute Gasteiger partial charge is 0.497 e. The fourth-order valence-electron chi connectivity index (χ4n) is 9.84. The molecule has 0 radical (unpaired) electrons. The standard InChI is InChI=1S/C34H30O7.C31H30O8.C30H28O7.3C2H6/c1-24(2)32(35)39-23-7-6-22-38-29-16-14-28(15-17-29)34(37)41-31-20-18-30(19-21-31)40-33(36)27-12-10-26(11-13-27)25-8-4-3-5-9-25;1-22(2)30(33)37-21-5-4-20-36-26-13-9-24(10-14-26)31(34)39-28-17-15-27(16-18-28)38-29(32)19-8-23-6-11-25(35-3)12-7-23;1-22(2)29(32)35-21-7-6-20-34-25-13-11-24(12-14-25)30(33)37-27-17-15-26(16-18-27)36-28(31)19-10-23-8-4-3-5-9-23;3*1-2/h3-5,8-21H,1,6-7,22-23H2,2H3;6-19H,1,4-5,20-21H2,2-3H3;3-5,8-19H,1,6-7,20-21H2,2H3;3*1-2H3/b;19-8+;19-10+;;;. The Bertz CT molecular complexity index is 5000. The van der Waals surface area contributed by atoms with Gasteiger partial charge in [-0.1, -0.05) is 146 Å². The van der Waals surface area contributed by atoms with E-state index < -0.39 is 53.7 Å². The van der Waals surface area contributed by atoms with Crippen molar-refractivity contribution >= 4 is 65.9 Å². The maximum Gasteiger partial charge on any atom is 0.343 e. The van der Waals surface area contributed by atoms with Gasteiger partial charge in [-0.2, -0.15) is 0 Å². The van der Waals surface area contributed by atoms with Crippen molar-refractivity contribution in [3.8, 4) is 68.6 Å². The van der Waals surface area contributed by atoms with Gasteiger partial charge in [0.15, 0.2) is 0 Å². The molecule has 123 heavy (non-hydrogen) atoms. The topological polar surface area (TPSA) is 274 Å². The van der Waals surface area contributed by atoms with Gasteiger partial charge in [-0.15, -0.1) is 0 Å². The van der Waals surface area contributed by atoms with Gasteiger partial charge in [0.1, 0.15) is 57.5 Å². The molecular weight excluding hydrogens is 1570 g/mol. The number of hydrogen-bond donors (Lipinski definition) is 0. The van der Waals surface area contributed by atoms with Gasteiger partial charge in [0.05, 0.1) is 69.0 Å². The van der Waals surface area contributed by atoms with Gasteiger partial charge in [-0.25, -0.2) is 43.2 Å². The Morgan fingerprint density at radius 1 is 0.260 bits per heavy atom. The van der Waals surface area contributed by atoms with Gasteiger partial charge < -0.3 is 61.6 Å². The van der Waals surface area contributed by atoms with Crippen LogP contribution in [0.1, 0.15) is 153 Å². The van der Waals surface area contributed by atoms with Crippen molar-refractivity contribution in [1.82, 2.24) is 0 Å². The van der Waals surface area contributed by atoms with Gasteiger partial charge in [0, 0.05) is 28.9 Å². The number of unbranched alkanes of at least 4 members (excludes halogenated alkanes) is 3. The first-order chi connectivity index (χ1) is 59.6. The fourth-order valence-corrected chi connectivity index (χ4v) is 9.84. The summed E-state index contributed by atoms with van der Waals surface area (Å²) in [6.07, 6.45) is 10.1. The number of esters is 9. The molecule has 10 aromatic carbocycles. The van der Waals surface area contributed by atoms with Crippen LogP contribution in [0.3, 0.4) is 0 Å². The highest BCUT2D eigenvalue weighted by molar-refractivity contribution is 5.95. The third-order valence-corrected chi connectivity index (χ3v) is 16.2. The summed E-state index contributed by atoms with van der Waals surface area (Å²) in [6.45, 7) is 29.7. The van der Waals surface area contributed by atoms with Crippen molar-refractivity contribution in [3.63, 3.8) is 0 Å². The third kappa shape index (κ3) is 38.3. The molecule has 0 N–H and O–H groups in total. The van der Waals surface area contributed by atoms with E-state index in [-0.39, 0.29) is 0 Å². The molecule has 0 atom stereocenters. The number of ether oxygens (including phenoxy) is 13. The molecule has 0 bridgehead atoms. The van der Waals surface area contributed by atoms with Crippen LogP contribution in [0.15, 0.2) is 303 Å². The summed E-state index contributed by atoms with van der Waals surface area (Å²) in [5.74, 6) is 0.170. The van der Waals surface area contributed by atoms with Crippen LogP contribution in [-0.2, 0) is 38.2 Å². The summed E-state index contributed by atoms with van der Waals surface area (Å²) < 4.78 is 69.4. The Kier molecular flexibility index (Phi) is 45.6. The molecule has 10 rings (SSSR count). The lowest BCUT2D eigenvalue weighted by molar-refractivity contribution is -0.139. The number of methoxy groups -OCH3 is 1. The monoisotopic (exact) mass is 1670 g/mol. The Morgan fingerprint density at radius 3 is 0.764 bits per heavy atom. The first-order valence-electron chi connectivity index (χ1n) is 40.1. The molecule has 0 unspecified atom stereocenters. The molecule has 0 spiro atoms. The molecule has 22 heteroatoms. The predicted molar refractivity (Wildman–Crippen MR) is 475 cm³/mol. The van der Waals surface area contributed by atoms with Gasteiger partial charge >= 0.3 is 53.7 Å². The molecule has 0 aliphatic rings. The van der Waals surface area contributed by atoms with Crippen LogP contribution in [0.4, 0.5) is 0 Å². The lowest BCUT2D eigenvalue weighted by Crippen LogP contribution is -2.10. The van der Waals surface area contributed by atoms with Gasteiger partial charge in [0.2, 0.25) is 0 Å². The number of benzene rings is 10. The predicted octanol–water partition coefficient (Wildman–Crippen LogP) is 21.8. The molecule has 0 heterocycles. The number of carbonyl (C=O) groups excluding carboxylic acids is 9. The summed E-state index contributed by atoms with van der Waals surface area (Å²) in [7, 11) is 1.59. The maximum atomic E-state index is 12.6. The second-order valence-electron chi connectivity index (χ2n) is 25.6. The van der Waals surface area contributed by atoms with Crippen LogP contribution in [-0.4, -0.2) is 100 Å². The highest BCUT2D eigenvalue weighted by atomic mass is 16.6. The smallest absolute Gasteiger partial charge is 0.343 e. The number of rotatable bonds is 37. The molecule has 0 aliphatic carbocycles. The van der Waals surface area contributed by atoms with Crippen LogP contribution in [0.2, 0.25) is 0 Å². The molecule has 22 nitrogen and oxygen atoms in total. The zero-order valence-electron chi connectivity index (χ0n) is 71.1. The third-order valence-electron chi connectivity index (χ3n) is 16.2. The van der Waals surface area contributed by atoms with Crippen molar-refractivity contribution in [2.45, 2.75) is 101 Å². The highest BCUT2D eigenvalue weighted by Gasteiger charge is 2.16. The van der Waals surface area contributed by atoms with Crippen molar-refractivity contribution in [2.24, 2.45) is 0 Å². The van der Waals surface area contributed by atoms with E-state index in [4.69, 9.17) is 61.6 Å². The van der Waals surface area contributed by atoms with E-state index in [0.717, 1.165) is 28.0 Å². The molecule has 0 aliphatic heterocycles. The minimum Gasteiger partial charge on any atom is -0.497 e. The first-order valence-corrected chi connectivity index (χ1v) is 40.1. The maximum absolute atomic E-state index is 12.6. The quantitative estimate of drug-likeness (QED) is 0.0115. The Balaban J connectivity index is 0.000000318. The molecule has 642 valence electrons. The minimum absolute atomic E-state index is 0.307. The van der Waals surface area contributed by atoms with E-state index in [9.17, 15) is 43.2 Å². The van der Waals surface area contributed by atoms with Crippen LogP contribution < -0.4 is 47.4 Å². The number of carbonyl (C=O) groups is 9. The fraction of sp³-hybridized carbons (Fsp3) is 0.218. The van der Waals surface area contributed by atoms with Crippen LogP contribution in [0, 0.1) is 0 Å². The second-order valence-corrected chi connectivity index (χ2v) is 25.6. The molecule has 0 saturated carbocycles. The Morgan fingerprint density at radius 2 is 0.488 bits per heavy atom. The summed E-state index contributed by atoms with van der Waals surface area (Å²) >= 11 is 0. The summed E-state index contributed by atoms with van der Waals surface area (Å²) in [5, 5.41) is 0. The zero-order valence-corrected chi connectivity index (χ0v) is 71.1. The van der Waals surface area contributed by atoms with Crippen molar-refractivity contribution in [1.29, 1.82) is 0 Å². The molecule has 0 amide bonds. The summed E-state index contributed by atoms with van der Waals surface area (Å²) in [4.78, 5) is 108. The van der Waals surface area contributed by atoms with Gasteiger partial charge in [-0.3, -0.25) is 0 Å². The van der Waals surface area contributed by atoms with Gasteiger partial charge in [0.25, 0.3) is 0 Å². The summed E-state index contributed by atoms with van der Waals surface area (Å²) in [6, 6.07) is 72.1. The van der Waals surface area contributed by atoms with E-state index >= 15 is 0 Å². The molecular formula is C101H106O22. The van der Waals surface area contributed by atoms with Crippen molar-refractivity contribution < 1.29 is 105 Å². The van der Waals surface area contributed by atoms with Crippen LogP contribution in [0.25, 0.3) is 23.3 Å². The first kappa shape index (κ1) is 98.9. The highest BCUT2D eigenvalue weighted by Crippen LogP contribution is 2.27. The normalized spacial score (nSPS) is 10.1. The van der Waals surface area contributed by atoms with Crippen LogP contribution >= 0.6 is 0 Å². The molecule has 0 saturated heterocycles. The van der Waals surface area contributed by atoms with Crippen molar-refractivity contribution in [3.05, 3.63) is 337 Å². The molecule has 10 aromatic rings. The average molecular weight is 1670 g/mol. The second kappa shape index (κ2) is 56.7. The molecule has 0 fully saturated rings. The Hall–Kier alpha value is -14.7. The van der Waals surface area contributed by atoms with Crippen molar-refractivity contribution in [2.75, 3.05) is 46.8 Å². The Labute approximate surface area is 719 Å². The lowest BCUT2D eigenvalue weighted by Gasteiger charge is -2.09. The SMILES string of the molecule is C=C(C)C(=O)OCCCCOc1ccc(C(=O)Oc2ccc(OC(=O)/C=C/c3ccc(OC)cc3)cc2)cc1.C=C(C)C(=O)OCCCCOc1ccc(C(=O)Oc2ccc(OC(=O)/C=C/c3ccccc3)cc2)cc1.C=C(C)C(=O)OCCCCOc1ccc(C(=O)Oc2ccc(OC(=O)c3ccc(-c4ccccc4)cc3)cc2)cc1.CC.CC.CC. The van der Waals surface area contributed by atoms with E-state index in [1.807, 2.05) is 126 Å². The number of hydrogen-bond acceptors (Lipinski definition) is 22.